The number of amides is 1. The number of benzene rings is 2. The van der Waals surface area contributed by atoms with Crippen LogP contribution in [0, 0.1) is 0 Å². The Kier molecular flexibility index (Phi) is 6.41. The van der Waals surface area contributed by atoms with Crippen molar-refractivity contribution in [2.24, 2.45) is 0 Å². The van der Waals surface area contributed by atoms with Crippen LogP contribution in [-0.4, -0.2) is 36.9 Å². The van der Waals surface area contributed by atoms with E-state index in [0.29, 0.717) is 23.0 Å². The van der Waals surface area contributed by atoms with Gasteiger partial charge in [0.1, 0.15) is 17.3 Å². The van der Waals surface area contributed by atoms with Crippen molar-refractivity contribution in [2.75, 3.05) is 31.4 Å². The Hall–Kier alpha value is -3.61. The number of methoxy groups -OCH3 is 2. The van der Waals surface area contributed by atoms with Crippen LogP contribution in [0.2, 0.25) is 0 Å². The van der Waals surface area contributed by atoms with Crippen LogP contribution in [0.15, 0.2) is 60.7 Å². The second-order valence-corrected chi connectivity index (χ2v) is 5.99. The minimum absolute atomic E-state index is 0.207. The highest BCUT2D eigenvalue weighted by atomic mass is 16.5. The van der Waals surface area contributed by atoms with E-state index >= 15 is 0 Å². The number of hydrogen-bond acceptors (Lipinski definition) is 6. The van der Waals surface area contributed by atoms with E-state index in [9.17, 15) is 4.79 Å². The molecule has 1 amide bonds. The van der Waals surface area contributed by atoms with E-state index in [0.717, 1.165) is 13.0 Å². The highest BCUT2D eigenvalue weighted by molar-refractivity contribution is 6.03. The average molecular weight is 378 g/mol. The Morgan fingerprint density at radius 3 is 2.46 bits per heavy atom. The van der Waals surface area contributed by atoms with E-state index in [1.165, 1.54) is 12.7 Å². The zero-order valence-corrected chi connectivity index (χ0v) is 15.8. The molecule has 2 N–H and O–H groups in total. The number of nitrogens with one attached hydrogen (secondary N) is 2. The summed E-state index contributed by atoms with van der Waals surface area (Å²) in [5.41, 5.74) is 1.95. The maximum Gasteiger partial charge on any atom is 0.276 e. The molecular weight excluding hydrogens is 356 g/mol. The molecule has 0 aliphatic heterocycles. The Balaban J connectivity index is 1.59. The summed E-state index contributed by atoms with van der Waals surface area (Å²) < 4.78 is 10.4. The molecule has 0 aliphatic carbocycles. The fourth-order valence-corrected chi connectivity index (χ4v) is 2.63. The molecular formula is C21H22N4O3. The summed E-state index contributed by atoms with van der Waals surface area (Å²) in [7, 11) is 3.09. The van der Waals surface area contributed by atoms with Crippen molar-refractivity contribution in [2.45, 2.75) is 6.42 Å². The van der Waals surface area contributed by atoms with Crippen LogP contribution in [0.1, 0.15) is 16.1 Å². The van der Waals surface area contributed by atoms with E-state index in [1.807, 2.05) is 18.2 Å². The third-order valence-electron chi connectivity index (χ3n) is 4.11. The molecule has 0 saturated carbocycles. The second kappa shape index (κ2) is 9.36. The lowest BCUT2D eigenvalue weighted by Crippen LogP contribution is -2.16. The summed E-state index contributed by atoms with van der Waals surface area (Å²) in [5.74, 6) is 1.38. The van der Waals surface area contributed by atoms with Crippen LogP contribution in [0.4, 0.5) is 11.5 Å². The molecule has 144 valence electrons. The Morgan fingerprint density at radius 2 is 1.79 bits per heavy atom. The van der Waals surface area contributed by atoms with Crippen LogP contribution in [0.25, 0.3) is 0 Å². The zero-order valence-electron chi connectivity index (χ0n) is 15.8. The predicted molar refractivity (Wildman–Crippen MR) is 108 cm³/mol. The van der Waals surface area contributed by atoms with Crippen molar-refractivity contribution < 1.29 is 14.3 Å². The Bertz CT molecular complexity index is 915. The van der Waals surface area contributed by atoms with E-state index in [4.69, 9.17) is 9.47 Å². The average Bonchev–Trinajstić information content (AvgIpc) is 2.75. The summed E-state index contributed by atoms with van der Waals surface area (Å²) in [6.45, 7) is 0.727. The van der Waals surface area contributed by atoms with Crippen molar-refractivity contribution in [1.29, 1.82) is 0 Å². The molecule has 0 fully saturated rings. The van der Waals surface area contributed by atoms with Crippen molar-refractivity contribution >= 4 is 17.4 Å². The third kappa shape index (κ3) is 4.97. The molecule has 0 atom stereocenters. The van der Waals surface area contributed by atoms with Gasteiger partial charge in [0.25, 0.3) is 5.91 Å². The first-order valence-corrected chi connectivity index (χ1v) is 8.84. The lowest BCUT2D eigenvalue weighted by Gasteiger charge is -2.11. The minimum atomic E-state index is -0.380. The summed E-state index contributed by atoms with van der Waals surface area (Å²) in [6, 6.07) is 18.7. The standard InChI is InChI=1S/C21H22N4O3/c1-27-16-8-10-19(28-2)18(14-16)23-21(26)17-9-11-20(25-24-17)22-13-12-15-6-4-3-5-7-15/h3-11,14H,12-13H2,1-2H3,(H,22,25)(H,23,26). The minimum Gasteiger partial charge on any atom is -0.497 e. The van der Waals surface area contributed by atoms with Gasteiger partial charge in [0.05, 0.1) is 19.9 Å². The van der Waals surface area contributed by atoms with Crippen molar-refractivity contribution in [3.63, 3.8) is 0 Å². The first-order valence-electron chi connectivity index (χ1n) is 8.84. The molecule has 0 radical (unpaired) electrons. The molecule has 0 unspecified atom stereocenters. The second-order valence-electron chi connectivity index (χ2n) is 5.99. The van der Waals surface area contributed by atoms with Crippen molar-refractivity contribution in [3.05, 3.63) is 71.9 Å². The topological polar surface area (TPSA) is 85.4 Å². The maximum atomic E-state index is 12.5. The summed E-state index contributed by atoms with van der Waals surface area (Å²) in [4.78, 5) is 12.5. The van der Waals surface area contributed by atoms with Crippen LogP contribution < -0.4 is 20.1 Å². The van der Waals surface area contributed by atoms with Gasteiger partial charge in [0.15, 0.2) is 5.69 Å². The highest BCUT2D eigenvalue weighted by Gasteiger charge is 2.13. The number of ether oxygens (including phenoxy) is 2. The van der Waals surface area contributed by atoms with Gasteiger partial charge in [-0.05, 0) is 36.2 Å². The SMILES string of the molecule is COc1ccc(OC)c(NC(=O)c2ccc(NCCc3ccccc3)nn2)c1. The molecule has 0 spiro atoms. The lowest BCUT2D eigenvalue weighted by atomic mass is 10.1. The first kappa shape index (κ1) is 19.2. The molecule has 0 saturated heterocycles. The fraction of sp³-hybridized carbons (Fsp3) is 0.190. The zero-order chi connectivity index (χ0) is 19.8. The Morgan fingerprint density at radius 1 is 0.964 bits per heavy atom. The Labute approximate surface area is 163 Å². The molecule has 0 aliphatic rings. The van der Waals surface area contributed by atoms with Gasteiger partial charge in [-0.15, -0.1) is 10.2 Å². The number of anilines is 2. The third-order valence-corrected chi connectivity index (χ3v) is 4.11. The molecule has 28 heavy (non-hydrogen) atoms. The number of hydrogen-bond donors (Lipinski definition) is 2. The summed E-state index contributed by atoms with van der Waals surface area (Å²) >= 11 is 0. The molecule has 1 aromatic heterocycles. The van der Waals surface area contributed by atoms with Gasteiger partial charge in [-0.1, -0.05) is 30.3 Å². The van der Waals surface area contributed by atoms with E-state index in [2.05, 4.69) is 33.0 Å². The van der Waals surface area contributed by atoms with Gasteiger partial charge < -0.3 is 20.1 Å². The van der Waals surface area contributed by atoms with Gasteiger partial charge in [0.2, 0.25) is 0 Å². The highest BCUT2D eigenvalue weighted by Crippen LogP contribution is 2.29. The smallest absolute Gasteiger partial charge is 0.276 e. The number of carbonyl (C=O) groups excluding carboxylic acids is 1. The van der Waals surface area contributed by atoms with Gasteiger partial charge in [0, 0.05) is 12.6 Å². The summed E-state index contributed by atoms with van der Waals surface area (Å²) in [5, 5.41) is 14.0. The maximum absolute atomic E-state index is 12.5. The molecule has 3 aromatic rings. The molecule has 7 heteroatoms. The van der Waals surface area contributed by atoms with Gasteiger partial charge in [-0.3, -0.25) is 4.79 Å². The number of aromatic nitrogens is 2. The van der Waals surface area contributed by atoms with E-state index in [-0.39, 0.29) is 11.6 Å². The molecule has 7 nitrogen and oxygen atoms in total. The van der Waals surface area contributed by atoms with Crippen molar-refractivity contribution in [1.82, 2.24) is 10.2 Å². The van der Waals surface area contributed by atoms with Gasteiger partial charge in [-0.2, -0.15) is 0 Å². The summed E-state index contributed by atoms with van der Waals surface area (Å²) in [6.07, 6.45) is 0.875. The fourth-order valence-electron chi connectivity index (χ4n) is 2.63. The van der Waals surface area contributed by atoms with E-state index < -0.39 is 0 Å². The molecule has 0 bridgehead atoms. The predicted octanol–water partition coefficient (Wildman–Crippen LogP) is 3.40. The number of carbonyl (C=O) groups is 1. The monoisotopic (exact) mass is 378 g/mol. The van der Waals surface area contributed by atoms with Crippen LogP contribution in [0.5, 0.6) is 11.5 Å². The number of rotatable bonds is 8. The largest absolute Gasteiger partial charge is 0.497 e. The van der Waals surface area contributed by atoms with Crippen LogP contribution in [-0.2, 0) is 6.42 Å². The molecule has 3 rings (SSSR count). The van der Waals surface area contributed by atoms with Gasteiger partial charge in [-0.25, -0.2) is 0 Å². The molecule has 1 heterocycles. The van der Waals surface area contributed by atoms with Gasteiger partial charge >= 0.3 is 0 Å². The lowest BCUT2D eigenvalue weighted by molar-refractivity contribution is 0.102. The van der Waals surface area contributed by atoms with E-state index in [1.54, 1.807) is 37.4 Å². The first-order chi connectivity index (χ1) is 13.7. The quantitative estimate of drug-likeness (QED) is 0.625. The van der Waals surface area contributed by atoms with Crippen LogP contribution >= 0.6 is 0 Å². The normalized spacial score (nSPS) is 10.2. The van der Waals surface area contributed by atoms with Crippen molar-refractivity contribution in [3.8, 4) is 11.5 Å². The number of nitrogens with zero attached hydrogens (tertiary/aromatic N) is 2. The van der Waals surface area contributed by atoms with Crippen LogP contribution in [0.3, 0.4) is 0 Å². The molecule has 2 aromatic carbocycles.